The summed E-state index contributed by atoms with van der Waals surface area (Å²) in [5.74, 6) is -0.0252. The number of carbonyl (C=O) groups is 1. The number of hydrogen-bond donors (Lipinski definition) is 1. The average molecular weight is 313 g/mol. The molecule has 0 aliphatic rings. The molecular formula is C14H21BrN2O. The van der Waals surface area contributed by atoms with Crippen LogP contribution in [0, 0.1) is 6.92 Å². The highest BCUT2D eigenvalue weighted by Gasteiger charge is 2.10. The largest absolute Gasteiger partial charge is 0.351 e. The van der Waals surface area contributed by atoms with E-state index in [1.54, 1.807) is 0 Å². The van der Waals surface area contributed by atoms with Gasteiger partial charge in [-0.2, -0.15) is 0 Å². The molecule has 1 aromatic carbocycles. The smallest absolute Gasteiger partial charge is 0.252 e. The van der Waals surface area contributed by atoms with E-state index < -0.39 is 0 Å². The predicted molar refractivity (Wildman–Crippen MR) is 79.0 cm³/mol. The van der Waals surface area contributed by atoms with E-state index in [0.29, 0.717) is 18.2 Å². The maximum Gasteiger partial charge on any atom is 0.252 e. The molecule has 0 saturated heterocycles. The molecule has 0 spiro atoms. The fourth-order valence-electron chi connectivity index (χ4n) is 1.51. The second kappa shape index (κ2) is 6.90. The Labute approximate surface area is 118 Å². The van der Waals surface area contributed by atoms with Crippen molar-refractivity contribution >= 4 is 21.8 Å². The number of nitrogens with one attached hydrogen (secondary N) is 1. The van der Waals surface area contributed by atoms with Crippen LogP contribution in [-0.2, 0) is 0 Å². The molecule has 18 heavy (non-hydrogen) atoms. The summed E-state index contributed by atoms with van der Waals surface area (Å²) in [5.41, 5.74) is 1.78. The van der Waals surface area contributed by atoms with Gasteiger partial charge < -0.3 is 10.2 Å². The number of carbonyl (C=O) groups excluding carboxylic acids is 1. The lowest BCUT2D eigenvalue weighted by Gasteiger charge is -2.21. The monoisotopic (exact) mass is 312 g/mol. The molecule has 0 fully saturated rings. The van der Waals surface area contributed by atoms with Crippen molar-refractivity contribution in [2.75, 3.05) is 20.1 Å². The number of amides is 1. The van der Waals surface area contributed by atoms with Gasteiger partial charge in [0.1, 0.15) is 0 Å². The minimum absolute atomic E-state index is 0.0252. The number of likely N-dealkylation sites (N-methyl/N-ethyl adjacent to an activating group) is 1. The Bertz CT molecular complexity index is 418. The third kappa shape index (κ3) is 4.42. The topological polar surface area (TPSA) is 32.3 Å². The zero-order chi connectivity index (χ0) is 13.7. The Morgan fingerprint density at radius 1 is 1.44 bits per heavy atom. The maximum absolute atomic E-state index is 12.0. The van der Waals surface area contributed by atoms with Crippen molar-refractivity contribution < 1.29 is 4.79 Å². The third-order valence-electron chi connectivity index (χ3n) is 3.00. The van der Waals surface area contributed by atoms with E-state index in [2.05, 4.69) is 47.0 Å². The first-order valence-corrected chi connectivity index (χ1v) is 6.95. The normalized spacial score (nSPS) is 11.1. The fraction of sp³-hybridized carbons (Fsp3) is 0.500. The highest BCUT2D eigenvalue weighted by atomic mass is 79.9. The molecule has 1 rings (SSSR count). The molecule has 0 unspecified atom stereocenters. The number of benzene rings is 1. The average Bonchev–Trinajstić information content (AvgIpc) is 2.31. The zero-order valence-corrected chi connectivity index (χ0v) is 13.0. The van der Waals surface area contributed by atoms with Crippen LogP contribution in [0.3, 0.4) is 0 Å². The van der Waals surface area contributed by atoms with Crippen molar-refractivity contribution in [2.45, 2.75) is 26.8 Å². The molecule has 0 aromatic heterocycles. The van der Waals surface area contributed by atoms with Gasteiger partial charge in [0.25, 0.3) is 5.91 Å². The molecule has 1 aromatic rings. The van der Waals surface area contributed by atoms with Crippen LogP contribution in [0.15, 0.2) is 22.7 Å². The van der Waals surface area contributed by atoms with Gasteiger partial charge in [-0.3, -0.25) is 4.79 Å². The van der Waals surface area contributed by atoms with Crippen LogP contribution >= 0.6 is 15.9 Å². The van der Waals surface area contributed by atoms with Crippen LogP contribution in [0.2, 0.25) is 0 Å². The van der Waals surface area contributed by atoms with Gasteiger partial charge in [-0.15, -0.1) is 0 Å². The summed E-state index contributed by atoms with van der Waals surface area (Å²) in [6.45, 7) is 7.77. The van der Waals surface area contributed by atoms with Crippen LogP contribution in [0.4, 0.5) is 0 Å². The van der Waals surface area contributed by atoms with Crippen LogP contribution in [0.5, 0.6) is 0 Å². The van der Waals surface area contributed by atoms with Crippen molar-refractivity contribution in [3.8, 4) is 0 Å². The van der Waals surface area contributed by atoms with E-state index in [-0.39, 0.29) is 5.91 Å². The first-order chi connectivity index (χ1) is 8.41. The molecule has 1 amide bonds. The summed E-state index contributed by atoms with van der Waals surface area (Å²) in [5, 5.41) is 2.94. The van der Waals surface area contributed by atoms with Gasteiger partial charge in [-0.05, 0) is 55.9 Å². The number of rotatable bonds is 5. The Hall–Kier alpha value is -0.870. The zero-order valence-electron chi connectivity index (χ0n) is 11.5. The summed E-state index contributed by atoms with van der Waals surface area (Å²) in [6, 6.07) is 6.27. The van der Waals surface area contributed by atoms with E-state index >= 15 is 0 Å². The minimum atomic E-state index is -0.0252. The molecule has 0 radical (unpaired) electrons. The molecule has 1 N–H and O–H groups in total. The van der Waals surface area contributed by atoms with E-state index in [4.69, 9.17) is 0 Å². The number of nitrogens with zero attached hydrogens (tertiary/aromatic N) is 1. The van der Waals surface area contributed by atoms with Gasteiger partial charge in [-0.25, -0.2) is 0 Å². The van der Waals surface area contributed by atoms with Crippen molar-refractivity contribution in [2.24, 2.45) is 0 Å². The molecule has 0 bridgehead atoms. The Balaban J connectivity index is 2.53. The second-order valence-corrected chi connectivity index (χ2v) is 5.67. The van der Waals surface area contributed by atoms with Gasteiger partial charge in [0, 0.05) is 23.6 Å². The molecule has 3 nitrogen and oxygen atoms in total. The first kappa shape index (κ1) is 15.2. The van der Waals surface area contributed by atoms with E-state index in [1.807, 2.05) is 25.1 Å². The predicted octanol–water partition coefficient (Wildman–Crippen LogP) is 2.83. The van der Waals surface area contributed by atoms with Crippen molar-refractivity contribution in [3.05, 3.63) is 33.8 Å². The molecule has 0 heterocycles. The Kier molecular flexibility index (Phi) is 5.82. The number of aryl methyl sites for hydroxylation is 1. The Morgan fingerprint density at radius 2 is 2.11 bits per heavy atom. The van der Waals surface area contributed by atoms with Crippen molar-refractivity contribution in [1.29, 1.82) is 0 Å². The summed E-state index contributed by atoms with van der Waals surface area (Å²) < 4.78 is 0.836. The second-order valence-electron chi connectivity index (χ2n) is 4.81. The van der Waals surface area contributed by atoms with Crippen LogP contribution < -0.4 is 5.32 Å². The molecule has 0 saturated carbocycles. The van der Waals surface area contributed by atoms with Gasteiger partial charge in [0.05, 0.1) is 5.56 Å². The lowest BCUT2D eigenvalue weighted by atomic mass is 10.1. The van der Waals surface area contributed by atoms with E-state index in [9.17, 15) is 4.79 Å². The molecule has 0 aliphatic carbocycles. The number of halogens is 1. The molecule has 0 aliphatic heterocycles. The number of hydrogen-bond acceptors (Lipinski definition) is 2. The van der Waals surface area contributed by atoms with E-state index in [0.717, 1.165) is 16.6 Å². The highest BCUT2D eigenvalue weighted by Crippen LogP contribution is 2.17. The van der Waals surface area contributed by atoms with Gasteiger partial charge in [0.2, 0.25) is 0 Å². The fourth-order valence-corrected chi connectivity index (χ4v) is 1.94. The minimum Gasteiger partial charge on any atom is -0.351 e. The standard InChI is InChI=1S/C14H21BrN2O/c1-10(2)17(4)8-7-16-14(18)12-9-11(3)5-6-13(12)15/h5-6,9-10H,7-8H2,1-4H3,(H,16,18). The molecule has 0 atom stereocenters. The molecule has 100 valence electrons. The van der Waals surface area contributed by atoms with Gasteiger partial charge in [-0.1, -0.05) is 11.6 Å². The van der Waals surface area contributed by atoms with Gasteiger partial charge in [0.15, 0.2) is 0 Å². The van der Waals surface area contributed by atoms with Crippen molar-refractivity contribution in [3.63, 3.8) is 0 Å². The SMILES string of the molecule is Cc1ccc(Br)c(C(=O)NCCN(C)C(C)C)c1. The molecule has 4 heteroatoms. The van der Waals surface area contributed by atoms with Crippen molar-refractivity contribution in [1.82, 2.24) is 10.2 Å². The van der Waals surface area contributed by atoms with Gasteiger partial charge >= 0.3 is 0 Å². The van der Waals surface area contributed by atoms with Crippen LogP contribution in [0.1, 0.15) is 29.8 Å². The summed E-state index contributed by atoms with van der Waals surface area (Å²) in [6.07, 6.45) is 0. The van der Waals surface area contributed by atoms with Crippen LogP contribution in [0.25, 0.3) is 0 Å². The lowest BCUT2D eigenvalue weighted by molar-refractivity contribution is 0.0947. The summed E-state index contributed by atoms with van der Waals surface area (Å²) >= 11 is 3.40. The van der Waals surface area contributed by atoms with E-state index in [1.165, 1.54) is 0 Å². The quantitative estimate of drug-likeness (QED) is 0.906. The summed E-state index contributed by atoms with van der Waals surface area (Å²) in [4.78, 5) is 14.2. The summed E-state index contributed by atoms with van der Waals surface area (Å²) in [7, 11) is 2.05. The van der Waals surface area contributed by atoms with Crippen LogP contribution in [-0.4, -0.2) is 37.0 Å². The Morgan fingerprint density at radius 3 is 2.72 bits per heavy atom. The maximum atomic E-state index is 12.0. The highest BCUT2D eigenvalue weighted by molar-refractivity contribution is 9.10. The molecular weight excluding hydrogens is 292 g/mol. The lowest BCUT2D eigenvalue weighted by Crippen LogP contribution is -2.36. The first-order valence-electron chi connectivity index (χ1n) is 6.16. The third-order valence-corrected chi connectivity index (χ3v) is 3.69.